The number of hydrogen-bond acceptors (Lipinski definition) is 4. The van der Waals surface area contributed by atoms with Gasteiger partial charge in [-0.05, 0) is 52.8 Å². The van der Waals surface area contributed by atoms with E-state index in [-0.39, 0.29) is 5.97 Å². The molecule has 0 fully saturated rings. The van der Waals surface area contributed by atoms with E-state index < -0.39 is 0 Å². The molecular formula is C17H28N2O2. The highest BCUT2D eigenvalue weighted by Crippen LogP contribution is 2.31. The predicted molar refractivity (Wildman–Crippen MR) is 89.5 cm³/mol. The number of carbonyl (C=O) groups is 1. The van der Waals surface area contributed by atoms with Gasteiger partial charge in [-0.2, -0.15) is 0 Å². The summed E-state index contributed by atoms with van der Waals surface area (Å²) in [6.45, 7) is 14.5. The quantitative estimate of drug-likeness (QED) is 0.686. The fourth-order valence-electron chi connectivity index (χ4n) is 2.51. The molecular weight excluding hydrogens is 264 g/mol. The summed E-state index contributed by atoms with van der Waals surface area (Å²) in [6, 6.07) is 5.85. The SMILES string of the molecule is CCOC(=O)c1ccc(N(CC)CC)c(N(CC)CC)c1. The average molecular weight is 292 g/mol. The lowest BCUT2D eigenvalue weighted by molar-refractivity contribution is 0.0526. The molecule has 0 aliphatic rings. The summed E-state index contributed by atoms with van der Waals surface area (Å²) in [5, 5.41) is 0. The van der Waals surface area contributed by atoms with E-state index >= 15 is 0 Å². The summed E-state index contributed by atoms with van der Waals surface area (Å²) in [7, 11) is 0. The van der Waals surface area contributed by atoms with Gasteiger partial charge in [0.15, 0.2) is 0 Å². The average Bonchev–Trinajstić information content (AvgIpc) is 2.51. The molecule has 0 radical (unpaired) electrons. The van der Waals surface area contributed by atoms with Crippen molar-refractivity contribution in [2.45, 2.75) is 34.6 Å². The Bertz CT molecular complexity index is 452. The van der Waals surface area contributed by atoms with Gasteiger partial charge in [0.25, 0.3) is 0 Å². The normalized spacial score (nSPS) is 10.3. The molecule has 0 unspecified atom stereocenters. The van der Waals surface area contributed by atoms with Crippen LogP contribution in [0.25, 0.3) is 0 Å². The summed E-state index contributed by atoms with van der Waals surface area (Å²) in [5.41, 5.74) is 2.90. The number of anilines is 2. The van der Waals surface area contributed by atoms with Gasteiger partial charge in [0, 0.05) is 26.2 Å². The molecule has 0 amide bonds. The largest absolute Gasteiger partial charge is 0.462 e. The van der Waals surface area contributed by atoms with Crippen LogP contribution in [0.1, 0.15) is 45.0 Å². The molecule has 0 bridgehead atoms. The first-order valence-corrected chi connectivity index (χ1v) is 7.93. The lowest BCUT2D eigenvalue weighted by atomic mass is 10.1. The second-order valence-corrected chi connectivity index (χ2v) is 4.77. The molecule has 1 aromatic carbocycles. The van der Waals surface area contributed by atoms with Gasteiger partial charge in [-0.1, -0.05) is 0 Å². The van der Waals surface area contributed by atoms with Gasteiger partial charge in [0.1, 0.15) is 0 Å². The van der Waals surface area contributed by atoms with Crippen LogP contribution in [0.2, 0.25) is 0 Å². The molecule has 0 aliphatic heterocycles. The van der Waals surface area contributed by atoms with Crippen molar-refractivity contribution in [3.8, 4) is 0 Å². The first kappa shape index (κ1) is 17.3. The third kappa shape index (κ3) is 4.13. The van der Waals surface area contributed by atoms with Crippen LogP contribution in [0, 0.1) is 0 Å². The lowest BCUT2D eigenvalue weighted by Gasteiger charge is -2.30. The van der Waals surface area contributed by atoms with E-state index in [4.69, 9.17) is 4.74 Å². The first-order chi connectivity index (χ1) is 10.1. The Morgan fingerprint density at radius 2 is 1.43 bits per heavy atom. The zero-order chi connectivity index (χ0) is 15.8. The van der Waals surface area contributed by atoms with Crippen LogP contribution < -0.4 is 9.80 Å². The molecule has 21 heavy (non-hydrogen) atoms. The molecule has 118 valence electrons. The van der Waals surface area contributed by atoms with Crippen molar-refractivity contribution in [2.24, 2.45) is 0 Å². The summed E-state index contributed by atoms with van der Waals surface area (Å²) in [4.78, 5) is 16.5. The Morgan fingerprint density at radius 1 is 0.905 bits per heavy atom. The standard InChI is InChI=1S/C17H28N2O2/c1-6-18(7-2)15-12-11-14(17(20)21-10-5)13-16(15)19(8-3)9-4/h11-13H,6-10H2,1-5H3. The monoisotopic (exact) mass is 292 g/mol. The maximum atomic E-state index is 12.0. The number of ether oxygens (including phenoxy) is 1. The molecule has 4 nitrogen and oxygen atoms in total. The van der Waals surface area contributed by atoms with Gasteiger partial charge in [0.05, 0.1) is 23.5 Å². The molecule has 1 rings (SSSR count). The first-order valence-electron chi connectivity index (χ1n) is 7.93. The molecule has 0 spiro atoms. The van der Waals surface area contributed by atoms with Crippen LogP contribution in [-0.2, 0) is 4.74 Å². The minimum absolute atomic E-state index is 0.253. The Morgan fingerprint density at radius 3 is 1.90 bits per heavy atom. The number of rotatable bonds is 8. The zero-order valence-corrected chi connectivity index (χ0v) is 14.0. The summed E-state index contributed by atoms with van der Waals surface area (Å²) in [5.74, 6) is -0.253. The van der Waals surface area contributed by atoms with E-state index in [2.05, 4.69) is 37.5 Å². The summed E-state index contributed by atoms with van der Waals surface area (Å²) >= 11 is 0. The molecule has 0 atom stereocenters. The third-order valence-electron chi connectivity index (χ3n) is 3.69. The smallest absolute Gasteiger partial charge is 0.338 e. The van der Waals surface area contributed by atoms with Crippen molar-refractivity contribution in [1.29, 1.82) is 0 Å². The van der Waals surface area contributed by atoms with Crippen molar-refractivity contribution in [3.05, 3.63) is 23.8 Å². The van der Waals surface area contributed by atoms with Gasteiger partial charge >= 0.3 is 5.97 Å². The van der Waals surface area contributed by atoms with Crippen LogP contribution in [0.4, 0.5) is 11.4 Å². The predicted octanol–water partition coefficient (Wildman–Crippen LogP) is 3.56. The van der Waals surface area contributed by atoms with Crippen LogP contribution in [-0.4, -0.2) is 38.8 Å². The summed E-state index contributed by atoms with van der Waals surface area (Å²) in [6.07, 6.45) is 0. The van der Waals surface area contributed by atoms with Crippen molar-refractivity contribution in [3.63, 3.8) is 0 Å². The van der Waals surface area contributed by atoms with E-state index in [1.165, 1.54) is 5.69 Å². The Hall–Kier alpha value is -1.71. The van der Waals surface area contributed by atoms with Crippen molar-refractivity contribution in [2.75, 3.05) is 42.6 Å². The maximum Gasteiger partial charge on any atom is 0.338 e. The molecule has 1 aromatic rings. The van der Waals surface area contributed by atoms with Crippen LogP contribution in [0.5, 0.6) is 0 Å². The molecule has 4 heteroatoms. The highest BCUT2D eigenvalue weighted by molar-refractivity contribution is 5.92. The highest BCUT2D eigenvalue weighted by Gasteiger charge is 2.16. The van der Waals surface area contributed by atoms with E-state index in [0.717, 1.165) is 31.9 Å². The summed E-state index contributed by atoms with van der Waals surface area (Å²) < 4.78 is 5.11. The van der Waals surface area contributed by atoms with E-state index in [0.29, 0.717) is 12.2 Å². The fourth-order valence-corrected chi connectivity index (χ4v) is 2.51. The van der Waals surface area contributed by atoms with Crippen LogP contribution in [0.15, 0.2) is 18.2 Å². The minimum Gasteiger partial charge on any atom is -0.462 e. The van der Waals surface area contributed by atoms with Crippen molar-refractivity contribution < 1.29 is 9.53 Å². The number of carbonyl (C=O) groups excluding carboxylic acids is 1. The topological polar surface area (TPSA) is 32.8 Å². The number of benzene rings is 1. The fraction of sp³-hybridized carbons (Fsp3) is 0.588. The molecule has 0 N–H and O–H groups in total. The van der Waals surface area contributed by atoms with E-state index in [1.54, 1.807) is 0 Å². The number of esters is 1. The van der Waals surface area contributed by atoms with Gasteiger partial charge in [-0.25, -0.2) is 4.79 Å². The molecule has 0 heterocycles. The van der Waals surface area contributed by atoms with Crippen LogP contribution in [0.3, 0.4) is 0 Å². The zero-order valence-electron chi connectivity index (χ0n) is 14.0. The van der Waals surface area contributed by atoms with Crippen molar-refractivity contribution in [1.82, 2.24) is 0 Å². The van der Waals surface area contributed by atoms with Crippen LogP contribution >= 0.6 is 0 Å². The molecule has 0 aromatic heterocycles. The van der Waals surface area contributed by atoms with Gasteiger partial charge < -0.3 is 14.5 Å². The Balaban J connectivity index is 3.28. The van der Waals surface area contributed by atoms with Crippen molar-refractivity contribution >= 4 is 17.3 Å². The Labute approximate surface area is 128 Å². The lowest BCUT2D eigenvalue weighted by Crippen LogP contribution is -2.28. The number of hydrogen-bond donors (Lipinski definition) is 0. The maximum absolute atomic E-state index is 12.0. The second kappa shape index (κ2) is 8.55. The van der Waals surface area contributed by atoms with Gasteiger partial charge in [-0.15, -0.1) is 0 Å². The highest BCUT2D eigenvalue weighted by atomic mass is 16.5. The molecule has 0 aliphatic carbocycles. The number of nitrogens with zero attached hydrogens (tertiary/aromatic N) is 2. The third-order valence-corrected chi connectivity index (χ3v) is 3.69. The van der Waals surface area contributed by atoms with E-state index in [9.17, 15) is 4.79 Å². The molecule has 0 saturated carbocycles. The Kier molecular flexibility index (Phi) is 7.06. The molecule has 0 saturated heterocycles. The van der Waals surface area contributed by atoms with E-state index in [1.807, 2.05) is 25.1 Å². The second-order valence-electron chi connectivity index (χ2n) is 4.77. The minimum atomic E-state index is -0.253. The van der Waals surface area contributed by atoms with Gasteiger partial charge in [0.2, 0.25) is 0 Å². The van der Waals surface area contributed by atoms with Gasteiger partial charge in [-0.3, -0.25) is 0 Å².